The van der Waals surface area contributed by atoms with E-state index >= 15 is 0 Å². The van der Waals surface area contributed by atoms with Crippen molar-refractivity contribution in [3.63, 3.8) is 0 Å². The van der Waals surface area contributed by atoms with Gasteiger partial charge in [-0.25, -0.2) is 0 Å². The zero-order valence-corrected chi connectivity index (χ0v) is 12.7. The van der Waals surface area contributed by atoms with Crippen molar-refractivity contribution in [3.8, 4) is 0 Å². The molecule has 1 aromatic rings. The molecule has 3 N–H and O–H groups in total. The predicted molar refractivity (Wildman–Crippen MR) is 80.8 cm³/mol. The molecule has 1 atom stereocenters. The summed E-state index contributed by atoms with van der Waals surface area (Å²) in [6.45, 7) is 14.2. The van der Waals surface area contributed by atoms with Crippen LogP contribution in [0.4, 0.5) is 5.69 Å². The van der Waals surface area contributed by atoms with Crippen molar-refractivity contribution in [1.29, 1.82) is 0 Å². The van der Waals surface area contributed by atoms with E-state index in [9.17, 15) is 0 Å². The average Bonchev–Trinajstić information content (AvgIpc) is 2.24. The third kappa shape index (κ3) is 4.69. The summed E-state index contributed by atoms with van der Waals surface area (Å²) >= 11 is 0. The lowest BCUT2D eigenvalue weighted by molar-refractivity contribution is 0.327. The van der Waals surface area contributed by atoms with Crippen LogP contribution in [0.1, 0.15) is 53.1 Å². The van der Waals surface area contributed by atoms with Crippen molar-refractivity contribution < 1.29 is 0 Å². The molecule has 102 valence electrons. The zero-order chi connectivity index (χ0) is 14.0. The van der Waals surface area contributed by atoms with E-state index in [1.54, 1.807) is 0 Å². The molecule has 1 rings (SSSR count). The van der Waals surface area contributed by atoms with Crippen LogP contribution in [0, 0.1) is 10.8 Å². The molecular weight excluding hydrogens is 220 g/mol. The maximum absolute atomic E-state index is 6.24. The topological polar surface area (TPSA) is 38.0 Å². The smallest absolute Gasteiger partial charge is 0.0344 e. The lowest BCUT2D eigenvalue weighted by Crippen LogP contribution is -2.26. The number of nitrogens with two attached hydrogens (primary N) is 1. The molecule has 0 heterocycles. The van der Waals surface area contributed by atoms with E-state index in [0.717, 1.165) is 12.2 Å². The first-order valence-electron chi connectivity index (χ1n) is 6.69. The number of benzene rings is 1. The molecule has 0 aliphatic rings. The van der Waals surface area contributed by atoms with Crippen molar-refractivity contribution in [2.75, 3.05) is 11.9 Å². The Kier molecular flexibility index (Phi) is 4.44. The summed E-state index contributed by atoms with van der Waals surface area (Å²) in [5, 5.41) is 3.45. The minimum absolute atomic E-state index is 0.0779. The molecule has 0 fully saturated rings. The first-order valence-corrected chi connectivity index (χ1v) is 6.69. The monoisotopic (exact) mass is 248 g/mol. The van der Waals surface area contributed by atoms with Crippen molar-refractivity contribution in [2.45, 2.75) is 47.6 Å². The minimum atomic E-state index is 0.0779. The first-order chi connectivity index (χ1) is 8.09. The van der Waals surface area contributed by atoms with Crippen LogP contribution in [0.25, 0.3) is 0 Å². The van der Waals surface area contributed by atoms with E-state index < -0.39 is 0 Å². The Morgan fingerprint density at radius 1 is 1.00 bits per heavy atom. The highest BCUT2D eigenvalue weighted by Gasteiger charge is 2.21. The Morgan fingerprint density at radius 3 is 1.89 bits per heavy atom. The lowest BCUT2D eigenvalue weighted by Gasteiger charge is -2.27. The molecule has 0 saturated carbocycles. The molecule has 1 unspecified atom stereocenters. The summed E-state index contributed by atoms with van der Waals surface area (Å²) < 4.78 is 0. The van der Waals surface area contributed by atoms with Gasteiger partial charge in [-0.2, -0.15) is 0 Å². The van der Waals surface area contributed by atoms with Gasteiger partial charge in [0.2, 0.25) is 0 Å². The van der Waals surface area contributed by atoms with Gasteiger partial charge in [0.15, 0.2) is 0 Å². The van der Waals surface area contributed by atoms with Crippen molar-refractivity contribution in [1.82, 2.24) is 0 Å². The van der Waals surface area contributed by atoms with Crippen LogP contribution in [0.3, 0.4) is 0 Å². The second-order valence-electron chi connectivity index (χ2n) is 7.38. The quantitative estimate of drug-likeness (QED) is 0.841. The van der Waals surface area contributed by atoms with Crippen LogP contribution in [0.15, 0.2) is 24.3 Å². The van der Waals surface area contributed by atoms with E-state index in [2.05, 4.69) is 71.1 Å². The molecule has 0 aliphatic heterocycles. The molecule has 0 spiro atoms. The molecule has 0 aliphatic carbocycles. The predicted octanol–water partition coefficient (Wildman–Crippen LogP) is 4.19. The van der Waals surface area contributed by atoms with Gasteiger partial charge in [0.1, 0.15) is 0 Å². The SMILES string of the molecule is CC(C)(C)CNc1ccc(C(N)C(C)(C)C)cc1. The average molecular weight is 248 g/mol. The van der Waals surface area contributed by atoms with Crippen molar-refractivity contribution >= 4 is 5.69 Å². The van der Waals surface area contributed by atoms with Crippen LogP contribution >= 0.6 is 0 Å². The van der Waals surface area contributed by atoms with E-state index in [4.69, 9.17) is 5.73 Å². The third-order valence-corrected chi connectivity index (χ3v) is 3.03. The van der Waals surface area contributed by atoms with Gasteiger partial charge in [-0.1, -0.05) is 53.7 Å². The molecule has 0 bridgehead atoms. The molecule has 18 heavy (non-hydrogen) atoms. The fourth-order valence-corrected chi connectivity index (χ4v) is 1.68. The second kappa shape index (κ2) is 5.31. The van der Waals surface area contributed by atoms with Gasteiger partial charge < -0.3 is 11.1 Å². The number of anilines is 1. The van der Waals surface area contributed by atoms with Crippen LogP contribution in [0.2, 0.25) is 0 Å². The number of hydrogen-bond donors (Lipinski definition) is 2. The Labute approximate surface area is 112 Å². The molecule has 0 amide bonds. The highest BCUT2D eigenvalue weighted by molar-refractivity contribution is 5.45. The molecule has 1 aromatic carbocycles. The summed E-state index contributed by atoms with van der Waals surface area (Å²) in [5.74, 6) is 0. The summed E-state index contributed by atoms with van der Waals surface area (Å²) in [7, 11) is 0. The first kappa shape index (κ1) is 15.0. The molecular formula is C16H28N2. The fourth-order valence-electron chi connectivity index (χ4n) is 1.68. The number of nitrogens with one attached hydrogen (secondary N) is 1. The Bertz CT molecular complexity index is 366. The summed E-state index contributed by atoms with van der Waals surface area (Å²) in [5.41, 5.74) is 8.99. The maximum Gasteiger partial charge on any atom is 0.0344 e. The normalized spacial score (nSPS) is 14.4. The van der Waals surface area contributed by atoms with Crippen molar-refractivity contribution in [3.05, 3.63) is 29.8 Å². The van der Waals surface area contributed by atoms with Crippen LogP contribution < -0.4 is 11.1 Å². The lowest BCUT2D eigenvalue weighted by atomic mass is 9.83. The summed E-state index contributed by atoms with van der Waals surface area (Å²) in [6.07, 6.45) is 0. The Morgan fingerprint density at radius 2 is 1.50 bits per heavy atom. The van der Waals surface area contributed by atoms with Gasteiger partial charge in [-0.05, 0) is 28.5 Å². The maximum atomic E-state index is 6.24. The second-order valence-corrected chi connectivity index (χ2v) is 7.38. The van der Waals surface area contributed by atoms with Gasteiger partial charge in [0, 0.05) is 18.3 Å². The van der Waals surface area contributed by atoms with Gasteiger partial charge in [0.25, 0.3) is 0 Å². The van der Waals surface area contributed by atoms with Gasteiger partial charge in [-0.3, -0.25) is 0 Å². The number of hydrogen-bond acceptors (Lipinski definition) is 2. The minimum Gasteiger partial charge on any atom is -0.385 e. The van der Waals surface area contributed by atoms with Gasteiger partial charge in [-0.15, -0.1) is 0 Å². The molecule has 0 saturated heterocycles. The standard InChI is InChI=1S/C16H28N2/c1-15(2,3)11-18-13-9-7-12(8-10-13)14(17)16(4,5)6/h7-10,14,18H,11,17H2,1-6H3. The molecule has 2 heteroatoms. The van der Waals surface area contributed by atoms with Gasteiger partial charge >= 0.3 is 0 Å². The fraction of sp³-hybridized carbons (Fsp3) is 0.625. The molecule has 0 aromatic heterocycles. The van der Waals surface area contributed by atoms with Crippen molar-refractivity contribution in [2.24, 2.45) is 16.6 Å². The summed E-state index contributed by atoms with van der Waals surface area (Å²) in [4.78, 5) is 0. The van der Waals surface area contributed by atoms with Gasteiger partial charge in [0.05, 0.1) is 0 Å². The van der Waals surface area contributed by atoms with Crippen LogP contribution in [-0.2, 0) is 0 Å². The largest absolute Gasteiger partial charge is 0.385 e. The highest BCUT2D eigenvalue weighted by atomic mass is 14.9. The third-order valence-electron chi connectivity index (χ3n) is 3.03. The van der Waals surface area contributed by atoms with Crippen LogP contribution in [0.5, 0.6) is 0 Å². The van der Waals surface area contributed by atoms with Crippen LogP contribution in [-0.4, -0.2) is 6.54 Å². The number of rotatable bonds is 3. The van der Waals surface area contributed by atoms with E-state index in [-0.39, 0.29) is 11.5 Å². The Balaban J connectivity index is 2.69. The van der Waals surface area contributed by atoms with E-state index in [1.807, 2.05) is 0 Å². The molecule has 2 nitrogen and oxygen atoms in total. The summed E-state index contributed by atoms with van der Waals surface area (Å²) in [6, 6.07) is 8.57. The Hall–Kier alpha value is -1.02. The highest BCUT2D eigenvalue weighted by Crippen LogP contribution is 2.30. The molecule has 0 radical (unpaired) electrons. The van der Waals surface area contributed by atoms with E-state index in [1.165, 1.54) is 5.56 Å². The van der Waals surface area contributed by atoms with E-state index in [0.29, 0.717) is 5.41 Å². The zero-order valence-electron chi connectivity index (χ0n) is 12.7.